The van der Waals surface area contributed by atoms with Gasteiger partial charge in [0.25, 0.3) is 10.0 Å². The van der Waals surface area contributed by atoms with Crippen molar-refractivity contribution >= 4 is 37.8 Å². The molecule has 0 saturated carbocycles. The van der Waals surface area contributed by atoms with Crippen LogP contribution in [0.2, 0.25) is 0 Å². The molecule has 0 saturated heterocycles. The summed E-state index contributed by atoms with van der Waals surface area (Å²) in [5.41, 5.74) is 5.07. The van der Waals surface area contributed by atoms with Gasteiger partial charge in [0.15, 0.2) is 5.82 Å². The van der Waals surface area contributed by atoms with E-state index in [4.69, 9.17) is 9.51 Å². The largest absolute Gasteiger partial charge is 0.359 e. The van der Waals surface area contributed by atoms with E-state index >= 15 is 0 Å². The second-order valence-electron chi connectivity index (χ2n) is 9.91. The Morgan fingerprint density at radius 3 is 2.60 bits per heavy atom. The van der Waals surface area contributed by atoms with Crippen LogP contribution in [0.5, 0.6) is 0 Å². The topological polar surface area (TPSA) is 108 Å². The van der Waals surface area contributed by atoms with Crippen LogP contribution in [0, 0.1) is 13.8 Å². The van der Waals surface area contributed by atoms with Gasteiger partial charge in [0, 0.05) is 29.8 Å². The molecule has 4 aromatic heterocycles. The van der Waals surface area contributed by atoms with Gasteiger partial charge >= 0.3 is 0 Å². The molecule has 0 atom stereocenters. The zero-order valence-corrected chi connectivity index (χ0v) is 23.4. The minimum Gasteiger partial charge on any atom is -0.359 e. The van der Waals surface area contributed by atoms with Crippen LogP contribution in [-0.2, 0) is 23.0 Å². The third-order valence-corrected chi connectivity index (χ3v) is 8.70. The number of anilines is 1. The quantitative estimate of drug-likeness (QED) is 0.229. The molecule has 6 rings (SSSR count). The molecule has 1 N–H and O–H groups in total. The van der Waals surface area contributed by atoms with Crippen molar-refractivity contribution in [2.75, 3.05) is 4.72 Å². The number of aromatic nitrogens is 5. The second-order valence-corrected chi connectivity index (χ2v) is 11.6. The summed E-state index contributed by atoms with van der Waals surface area (Å²) in [5.74, 6) is 1.77. The molecule has 9 nitrogen and oxygen atoms in total. The van der Waals surface area contributed by atoms with E-state index in [1.54, 1.807) is 38.4 Å². The molecule has 0 amide bonds. The number of nitrogens with one attached hydrogen (secondary N) is 1. The number of pyridine rings is 1. The Bertz CT molecular complexity index is 1950. The van der Waals surface area contributed by atoms with E-state index < -0.39 is 10.0 Å². The van der Waals surface area contributed by atoms with Gasteiger partial charge in [0.1, 0.15) is 22.0 Å². The summed E-state index contributed by atoms with van der Waals surface area (Å²) in [4.78, 5) is 9.29. The highest BCUT2D eigenvalue weighted by Gasteiger charge is 2.24. The van der Waals surface area contributed by atoms with Crippen LogP contribution in [-0.4, -0.2) is 32.7 Å². The first-order valence-corrected chi connectivity index (χ1v) is 14.8. The third kappa shape index (κ3) is 4.54. The maximum Gasteiger partial charge on any atom is 0.265 e. The minimum atomic E-state index is -3.97. The summed E-state index contributed by atoms with van der Waals surface area (Å²) in [7, 11) is -3.97. The number of aryl methyl sites for hydroxylation is 2. The van der Waals surface area contributed by atoms with Gasteiger partial charge in [0.05, 0.1) is 29.5 Å². The molecule has 0 fully saturated rings. The Hall–Kier alpha value is -4.44. The van der Waals surface area contributed by atoms with Crippen LogP contribution in [0.4, 0.5) is 5.82 Å². The molecule has 204 valence electrons. The van der Waals surface area contributed by atoms with E-state index in [1.807, 2.05) is 47.2 Å². The number of para-hydroxylation sites is 2. The molecule has 6 aromatic rings. The summed E-state index contributed by atoms with van der Waals surface area (Å²) in [5, 5.41) is 4.94. The lowest BCUT2D eigenvalue weighted by Crippen LogP contribution is -2.16. The normalized spacial score (nSPS) is 12.0. The molecule has 0 aliphatic carbocycles. The number of rotatable bonds is 9. The average molecular weight is 555 g/mol. The summed E-state index contributed by atoms with van der Waals surface area (Å²) in [6.45, 7) is 6.28. The molecule has 0 aliphatic heterocycles. The van der Waals surface area contributed by atoms with Gasteiger partial charge in [0.2, 0.25) is 0 Å². The fraction of sp³-hybridized carbons (Fsp3) is 0.233. The highest BCUT2D eigenvalue weighted by atomic mass is 32.2. The van der Waals surface area contributed by atoms with Gasteiger partial charge in [-0.1, -0.05) is 48.8 Å². The van der Waals surface area contributed by atoms with Crippen LogP contribution in [0.3, 0.4) is 0 Å². The summed E-state index contributed by atoms with van der Waals surface area (Å²) < 4.78 is 39.2. The predicted molar refractivity (Wildman–Crippen MR) is 155 cm³/mol. The van der Waals surface area contributed by atoms with Crippen molar-refractivity contribution < 1.29 is 12.9 Å². The maximum absolute atomic E-state index is 13.6. The fourth-order valence-electron chi connectivity index (χ4n) is 5.06. The Morgan fingerprint density at radius 2 is 1.80 bits per heavy atom. The Morgan fingerprint density at radius 1 is 1.00 bits per heavy atom. The molecule has 0 bridgehead atoms. The monoisotopic (exact) mass is 554 g/mol. The summed E-state index contributed by atoms with van der Waals surface area (Å²) >= 11 is 0. The van der Waals surface area contributed by atoms with Gasteiger partial charge in [-0.3, -0.25) is 9.71 Å². The molecular formula is C30H30N6O3S. The number of fused-ring (bicyclic) bond motifs is 2. The molecule has 0 spiro atoms. The molecule has 0 radical (unpaired) electrons. The fourth-order valence-corrected chi connectivity index (χ4v) is 6.31. The van der Waals surface area contributed by atoms with E-state index in [9.17, 15) is 8.42 Å². The molecule has 40 heavy (non-hydrogen) atoms. The predicted octanol–water partition coefficient (Wildman–Crippen LogP) is 6.17. The first-order chi connectivity index (χ1) is 19.4. The van der Waals surface area contributed by atoms with Crippen molar-refractivity contribution in [3.05, 3.63) is 95.9 Å². The van der Waals surface area contributed by atoms with Crippen molar-refractivity contribution in [3.8, 4) is 5.69 Å². The van der Waals surface area contributed by atoms with Gasteiger partial charge < -0.3 is 13.7 Å². The Balaban J connectivity index is 1.47. The third-order valence-electron chi connectivity index (χ3n) is 7.31. The molecule has 10 heteroatoms. The van der Waals surface area contributed by atoms with Crippen LogP contribution < -0.4 is 4.72 Å². The lowest BCUT2D eigenvalue weighted by molar-refractivity contribution is 0.399. The van der Waals surface area contributed by atoms with Crippen molar-refractivity contribution in [1.29, 1.82) is 0 Å². The van der Waals surface area contributed by atoms with E-state index in [0.717, 1.165) is 52.6 Å². The first kappa shape index (κ1) is 25.8. The van der Waals surface area contributed by atoms with Gasteiger partial charge in [-0.15, -0.1) is 0 Å². The zero-order valence-electron chi connectivity index (χ0n) is 22.6. The second kappa shape index (κ2) is 10.3. The smallest absolute Gasteiger partial charge is 0.265 e. The van der Waals surface area contributed by atoms with Crippen LogP contribution in [0.15, 0.2) is 82.6 Å². The first-order valence-electron chi connectivity index (χ1n) is 13.3. The molecular weight excluding hydrogens is 524 g/mol. The van der Waals surface area contributed by atoms with E-state index in [2.05, 4.69) is 32.4 Å². The molecule has 0 unspecified atom stereocenters. The average Bonchev–Trinajstić information content (AvgIpc) is 3.61. The molecule has 4 heterocycles. The van der Waals surface area contributed by atoms with Gasteiger partial charge in [-0.05, 0) is 50.1 Å². The standard InChI is InChI=1S/C30H30N6O3S/c1-4-5-14-29-32-24-17-31-16-15-26(24)36(29)19-22-18-35(25-11-7-6-10-23(22)25)27-12-8-9-13-28(27)40(37,38)34-30-20(2)21(3)39-33-30/h6-13,15-18H,4-5,14,19H2,1-3H3,(H,33,34). The Labute approximate surface area is 232 Å². The van der Waals surface area contributed by atoms with Crippen LogP contribution in [0.25, 0.3) is 27.6 Å². The SMILES string of the molecule is CCCCc1nc2cnccc2n1Cc1cn(-c2ccccc2S(=O)(=O)Nc2noc(C)c2C)c2ccccc12. The number of benzene rings is 2. The number of imidazole rings is 1. The Kier molecular flexibility index (Phi) is 6.63. The number of sulfonamides is 1. The van der Waals surface area contributed by atoms with Crippen molar-refractivity contribution in [2.24, 2.45) is 0 Å². The molecule has 0 aliphatic rings. The van der Waals surface area contributed by atoms with Gasteiger partial charge in [-0.2, -0.15) is 0 Å². The highest BCUT2D eigenvalue weighted by molar-refractivity contribution is 7.92. The number of hydrogen-bond donors (Lipinski definition) is 1. The van der Waals surface area contributed by atoms with Crippen LogP contribution in [0.1, 0.15) is 42.5 Å². The lowest BCUT2D eigenvalue weighted by Gasteiger charge is -2.13. The lowest BCUT2D eigenvalue weighted by atomic mass is 10.1. The molecule has 2 aromatic carbocycles. The van der Waals surface area contributed by atoms with Crippen molar-refractivity contribution in [3.63, 3.8) is 0 Å². The highest BCUT2D eigenvalue weighted by Crippen LogP contribution is 2.31. The van der Waals surface area contributed by atoms with E-state index in [-0.39, 0.29) is 10.7 Å². The maximum atomic E-state index is 13.6. The number of unbranched alkanes of at least 4 members (excludes halogenated alkanes) is 1. The van der Waals surface area contributed by atoms with Crippen molar-refractivity contribution in [1.82, 2.24) is 24.3 Å². The number of nitrogens with zero attached hydrogens (tertiary/aromatic N) is 5. The summed E-state index contributed by atoms with van der Waals surface area (Å²) in [6.07, 6.45) is 8.61. The van der Waals surface area contributed by atoms with Crippen molar-refractivity contribution in [2.45, 2.75) is 51.5 Å². The summed E-state index contributed by atoms with van der Waals surface area (Å²) in [6, 6.07) is 17.0. The van der Waals surface area contributed by atoms with Crippen LogP contribution >= 0.6 is 0 Å². The van der Waals surface area contributed by atoms with Gasteiger partial charge in [-0.25, -0.2) is 13.4 Å². The zero-order chi connectivity index (χ0) is 27.9. The minimum absolute atomic E-state index is 0.144. The number of hydrogen-bond acceptors (Lipinski definition) is 6. The van der Waals surface area contributed by atoms with E-state index in [0.29, 0.717) is 23.6 Å². The van der Waals surface area contributed by atoms with E-state index in [1.165, 1.54) is 0 Å².